The number of carbonyl (C=O) groups is 1. The van der Waals surface area contributed by atoms with Crippen LogP contribution in [0.3, 0.4) is 0 Å². The predicted octanol–water partition coefficient (Wildman–Crippen LogP) is 3.14. The lowest BCUT2D eigenvalue weighted by atomic mass is 10.3. The van der Waals surface area contributed by atoms with Crippen molar-refractivity contribution in [1.29, 1.82) is 0 Å². The molecule has 5 nitrogen and oxygen atoms in total. The van der Waals surface area contributed by atoms with E-state index in [-0.39, 0.29) is 11.7 Å². The Kier molecular flexibility index (Phi) is 3.79. The molecule has 0 fully saturated rings. The number of hydrogen-bond acceptors (Lipinski definition) is 5. The summed E-state index contributed by atoms with van der Waals surface area (Å²) in [4.78, 5) is 16.1. The standard InChI is InChI=1S/C15H13N3O2S/c16-10-6-7-12-13(8-10)20-15(18-12)21-9-14(19)17-11-4-2-1-3-5-11/h1-8H,9,16H2,(H,17,19). The van der Waals surface area contributed by atoms with E-state index in [2.05, 4.69) is 10.3 Å². The number of nitrogen functional groups attached to an aromatic ring is 1. The molecule has 0 spiro atoms. The summed E-state index contributed by atoms with van der Waals surface area (Å²) in [6.07, 6.45) is 0. The van der Waals surface area contributed by atoms with Gasteiger partial charge in [-0.25, -0.2) is 4.98 Å². The number of nitrogens with two attached hydrogens (primary N) is 1. The van der Waals surface area contributed by atoms with E-state index in [1.54, 1.807) is 18.2 Å². The van der Waals surface area contributed by atoms with Crippen LogP contribution in [-0.2, 0) is 4.79 Å². The van der Waals surface area contributed by atoms with Crippen LogP contribution < -0.4 is 11.1 Å². The van der Waals surface area contributed by atoms with E-state index in [9.17, 15) is 4.79 Å². The summed E-state index contributed by atoms with van der Waals surface area (Å²) in [6, 6.07) is 14.6. The molecule has 3 aromatic rings. The molecular formula is C15H13N3O2S. The van der Waals surface area contributed by atoms with Crippen molar-refractivity contribution in [3.63, 3.8) is 0 Å². The summed E-state index contributed by atoms with van der Waals surface area (Å²) in [7, 11) is 0. The number of nitrogens with one attached hydrogen (secondary N) is 1. The van der Waals surface area contributed by atoms with E-state index in [0.717, 1.165) is 11.2 Å². The van der Waals surface area contributed by atoms with Crippen molar-refractivity contribution < 1.29 is 9.21 Å². The third-order valence-electron chi connectivity index (χ3n) is 2.78. The van der Waals surface area contributed by atoms with Crippen molar-refractivity contribution in [2.75, 3.05) is 16.8 Å². The number of nitrogens with zero attached hydrogens (tertiary/aromatic N) is 1. The van der Waals surface area contributed by atoms with Crippen molar-refractivity contribution in [3.8, 4) is 0 Å². The highest BCUT2D eigenvalue weighted by atomic mass is 32.2. The summed E-state index contributed by atoms with van der Waals surface area (Å²) < 4.78 is 5.54. The normalized spacial score (nSPS) is 10.7. The average molecular weight is 299 g/mol. The van der Waals surface area contributed by atoms with Gasteiger partial charge in [-0.05, 0) is 24.3 Å². The fraction of sp³-hybridized carbons (Fsp3) is 0.0667. The third kappa shape index (κ3) is 3.35. The molecule has 3 rings (SSSR count). The molecule has 0 aliphatic carbocycles. The zero-order valence-corrected chi connectivity index (χ0v) is 11.9. The molecule has 6 heteroatoms. The number of hydrogen-bond donors (Lipinski definition) is 2. The zero-order valence-electron chi connectivity index (χ0n) is 11.1. The first-order valence-electron chi connectivity index (χ1n) is 6.34. The Morgan fingerprint density at radius 1 is 1.24 bits per heavy atom. The number of amides is 1. The molecule has 0 aliphatic heterocycles. The molecule has 21 heavy (non-hydrogen) atoms. The van der Waals surface area contributed by atoms with Crippen LogP contribution in [0.4, 0.5) is 11.4 Å². The molecule has 3 N–H and O–H groups in total. The number of benzene rings is 2. The van der Waals surface area contributed by atoms with Crippen LogP contribution in [0.2, 0.25) is 0 Å². The number of para-hydroxylation sites is 1. The minimum Gasteiger partial charge on any atom is -0.431 e. The van der Waals surface area contributed by atoms with E-state index in [1.807, 2.05) is 30.3 Å². The van der Waals surface area contributed by atoms with Crippen molar-refractivity contribution in [3.05, 3.63) is 48.5 Å². The fourth-order valence-corrected chi connectivity index (χ4v) is 2.47. The summed E-state index contributed by atoms with van der Waals surface area (Å²) in [6.45, 7) is 0. The summed E-state index contributed by atoms with van der Waals surface area (Å²) >= 11 is 1.25. The van der Waals surface area contributed by atoms with Gasteiger partial charge in [-0.2, -0.15) is 0 Å². The Bertz CT molecular complexity index is 771. The second-order valence-corrected chi connectivity index (χ2v) is 5.34. The van der Waals surface area contributed by atoms with Gasteiger partial charge in [0.2, 0.25) is 5.91 Å². The van der Waals surface area contributed by atoms with Crippen molar-refractivity contribution in [2.24, 2.45) is 0 Å². The predicted molar refractivity (Wildman–Crippen MR) is 84.2 cm³/mol. The Morgan fingerprint density at radius 2 is 2.05 bits per heavy atom. The van der Waals surface area contributed by atoms with E-state index < -0.39 is 0 Å². The van der Waals surface area contributed by atoms with Crippen molar-refractivity contribution in [1.82, 2.24) is 4.98 Å². The molecule has 0 radical (unpaired) electrons. The molecule has 0 aliphatic rings. The van der Waals surface area contributed by atoms with Crippen molar-refractivity contribution >= 4 is 40.1 Å². The van der Waals surface area contributed by atoms with E-state index in [4.69, 9.17) is 10.2 Å². The van der Waals surface area contributed by atoms with Gasteiger partial charge in [0.05, 0.1) is 5.75 Å². The first-order valence-corrected chi connectivity index (χ1v) is 7.33. The number of oxazole rings is 1. The van der Waals surface area contributed by atoms with E-state index in [0.29, 0.717) is 16.5 Å². The van der Waals surface area contributed by atoms with Gasteiger partial charge >= 0.3 is 0 Å². The quantitative estimate of drug-likeness (QED) is 0.571. The maximum atomic E-state index is 11.8. The highest BCUT2D eigenvalue weighted by molar-refractivity contribution is 7.99. The lowest BCUT2D eigenvalue weighted by Crippen LogP contribution is -2.13. The maximum absolute atomic E-state index is 11.8. The minimum atomic E-state index is -0.104. The average Bonchev–Trinajstić information content (AvgIpc) is 2.88. The number of anilines is 2. The number of thioether (sulfide) groups is 1. The van der Waals surface area contributed by atoms with Gasteiger partial charge in [0.15, 0.2) is 5.58 Å². The highest BCUT2D eigenvalue weighted by Gasteiger charge is 2.09. The molecule has 1 aromatic heterocycles. The number of rotatable bonds is 4. The molecule has 0 unspecified atom stereocenters. The lowest BCUT2D eigenvalue weighted by Gasteiger charge is -2.02. The fourth-order valence-electron chi connectivity index (χ4n) is 1.83. The molecular weight excluding hydrogens is 286 g/mol. The summed E-state index contributed by atoms with van der Waals surface area (Å²) in [5.74, 6) is 0.130. The first kappa shape index (κ1) is 13.5. The molecule has 0 bridgehead atoms. The molecule has 0 saturated carbocycles. The number of carbonyl (C=O) groups excluding carboxylic acids is 1. The summed E-state index contributed by atoms with van der Waals surface area (Å²) in [5.41, 5.74) is 8.43. The SMILES string of the molecule is Nc1ccc2nc(SCC(=O)Nc3ccccc3)oc2c1. The Labute approximate surface area is 125 Å². The van der Waals surface area contributed by atoms with Gasteiger partial charge in [0.25, 0.3) is 5.22 Å². The maximum Gasteiger partial charge on any atom is 0.257 e. The van der Waals surface area contributed by atoms with E-state index >= 15 is 0 Å². The summed E-state index contributed by atoms with van der Waals surface area (Å²) in [5, 5.41) is 3.26. The van der Waals surface area contributed by atoms with Crippen LogP contribution in [0.5, 0.6) is 0 Å². The van der Waals surface area contributed by atoms with Crippen LogP contribution >= 0.6 is 11.8 Å². The van der Waals surface area contributed by atoms with Gasteiger partial charge in [-0.1, -0.05) is 30.0 Å². The van der Waals surface area contributed by atoms with Crippen LogP contribution in [0.1, 0.15) is 0 Å². The van der Waals surface area contributed by atoms with Gasteiger partial charge in [0, 0.05) is 17.4 Å². The second kappa shape index (κ2) is 5.88. The molecule has 0 atom stereocenters. The Balaban J connectivity index is 1.62. The molecule has 1 amide bonds. The van der Waals surface area contributed by atoms with Crippen LogP contribution in [-0.4, -0.2) is 16.6 Å². The second-order valence-electron chi connectivity index (χ2n) is 4.41. The largest absolute Gasteiger partial charge is 0.431 e. The van der Waals surface area contributed by atoms with Gasteiger partial charge in [-0.15, -0.1) is 0 Å². The van der Waals surface area contributed by atoms with Crippen molar-refractivity contribution in [2.45, 2.75) is 5.22 Å². The smallest absolute Gasteiger partial charge is 0.257 e. The lowest BCUT2D eigenvalue weighted by molar-refractivity contribution is -0.113. The third-order valence-corrected chi connectivity index (χ3v) is 3.61. The monoisotopic (exact) mass is 299 g/mol. The topological polar surface area (TPSA) is 81.1 Å². The Hall–Kier alpha value is -2.47. The zero-order chi connectivity index (χ0) is 14.7. The van der Waals surface area contributed by atoms with Gasteiger partial charge in [-0.3, -0.25) is 4.79 Å². The molecule has 106 valence electrons. The van der Waals surface area contributed by atoms with Gasteiger partial charge < -0.3 is 15.5 Å². The highest BCUT2D eigenvalue weighted by Crippen LogP contribution is 2.24. The molecule has 0 saturated heterocycles. The number of aromatic nitrogens is 1. The van der Waals surface area contributed by atoms with Gasteiger partial charge in [0.1, 0.15) is 5.52 Å². The van der Waals surface area contributed by atoms with E-state index in [1.165, 1.54) is 11.8 Å². The first-order chi connectivity index (χ1) is 10.2. The van der Waals surface area contributed by atoms with Crippen LogP contribution in [0.15, 0.2) is 58.2 Å². The van der Waals surface area contributed by atoms with Crippen LogP contribution in [0.25, 0.3) is 11.1 Å². The number of fused-ring (bicyclic) bond motifs is 1. The Morgan fingerprint density at radius 3 is 2.86 bits per heavy atom. The van der Waals surface area contributed by atoms with Crippen LogP contribution in [0, 0.1) is 0 Å². The minimum absolute atomic E-state index is 0.104. The molecule has 2 aromatic carbocycles. The molecule has 1 heterocycles.